The van der Waals surface area contributed by atoms with Crippen molar-refractivity contribution in [2.45, 2.75) is 32.5 Å². The number of nitrogens with zero attached hydrogens (tertiary/aromatic N) is 1. The molecule has 1 N–H and O–H groups in total. The van der Waals surface area contributed by atoms with Crippen molar-refractivity contribution in [3.63, 3.8) is 0 Å². The van der Waals surface area contributed by atoms with Crippen LogP contribution in [0.2, 0.25) is 0 Å². The van der Waals surface area contributed by atoms with Gasteiger partial charge in [0.1, 0.15) is 0 Å². The van der Waals surface area contributed by atoms with Gasteiger partial charge in [-0.25, -0.2) is 4.98 Å². The summed E-state index contributed by atoms with van der Waals surface area (Å²) in [6.45, 7) is 4.48. The van der Waals surface area contributed by atoms with E-state index in [0.717, 1.165) is 22.4 Å². The second kappa shape index (κ2) is 6.58. The molecule has 1 aromatic heterocycles. The molecule has 0 bridgehead atoms. The maximum Gasteiger partial charge on any atom is 0.416 e. The van der Waals surface area contributed by atoms with Crippen molar-refractivity contribution in [3.8, 4) is 0 Å². The quantitative estimate of drug-likeness (QED) is 0.875. The Morgan fingerprint density at radius 1 is 1.29 bits per heavy atom. The predicted molar refractivity (Wildman–Crippen MR) is 78.4 cm³/mol. The van der Waals surface area contributed by atoms with Crippen molar-refractivity contribution in [2.24, 2.45) is 0 Å². The molecule has 1 heterocycles. The molecule has 0 aliphatic rings. The lowest BCUT2D eigenvalue weighted by atomic mass is 9.99. The Hall–Kier alpha value is -1.40. The Kier molecular flexibility index (Phi) is 5.00. The third kappa shape index (κ3) is 3.83. The average molecular weight is 314 g/mol. The molecule has 2 aromatic rings. The summed E-state index contributed by atoms with van der Waals surface area (Å²) in [5, 5.41) is 4.04. The molecule has 0 aliphatic carbocycles. The van der Waals surface area contributed by atoms with E-state index in [1.165, 1.54) is 23.5 Å². The first-order valence-electron chi connectivity index (χ1n) is 6.75. The van der Waals surface area contributed by atoms with Crippen LogP contribution >= 0.6 is 11.3 Å². The molecule has 0 saturated carbocycles. The summed E-state index contributed by atoms with van der Waals surface area (Å²) >= 11 is 1.42. The van der Waals surface area contributed by atoms with Gasteiger partial charge < -0.3 is 5.32 Å². The maximum atomic E-state index is 13.2. The van der Waals surface area contributed by atoms with E-state index in [0.29, 0.717) is 6.54 Å². The molecule has 0 fully saturated rings. The molecule has 0 radical (unpaired) electrons. The molecule has 1 unspecified atom stereocenters. The Morgan fingerprint density at radius 3 is 2.57 bits per heavy atom. The van der Waals surface area contributed by atoms with Crippen LogP contribution in [0.5, 0.6) is 0 Å². The van der Waals surface area contributed by atoms with Gasteiger partial charge in [0.05, 0.1) is 16.6 Å². The third-order valence-electron chi connectivity index (χ3n) is 3.10. The molecule has 0 aliphatic heterocycles. The summed E-state index contributed by atoms with van der Waals surface area (Å²) in [5.41, 5.74) is -0.341. The number of halogens is 3. The number of rotatable bonds is 5. The first-order valence-corrected chi connectivity index (χ1v) is 7.57. The number of nitrogens with one attached hydrogen (secondary N) is 1. The fourth-order valence-corrected chi connectivity index (χ4v) is 3.05. The van der Waals surface area contributed by atoms with Crippen LogP contribution in [-0.4, -0.2) is 11.5 Å². The fourth-order valence-electron chi connectivity index (χ4n) is 2.17. The molecule has 2 rings (SSSR count). The fraction of sp³-hybridized carbons (Fsp3) is 0.400. The lowest BCUT2D eigenvalue weighted by Gasteiger charge is -2.21. The predicted octanol–water partition coefficient (Wildman–Crippen LogP) is 4.56. The summed E-state index contributed by atoms with van der Waals surface area (Å²) in [6.07, 6.45) is -1.86. The largest absolute Gasteiger partial charge is 0.416 e. The van der Waals surface area contributed by atoms with Crippen LogP contribution in [0.25, 0.3) is 0 Å². The average Bonchev–Trinajstić information content (AvgIpc) is 2.85. The summed E-state index contributed by atoms with van der Waals surface area (Å²) in [6, 6.07) is 5.24. The van der Waals surface area contributed by atoms with Gasteiger partial charge in [-0.15, -0.1) is 11.3 Å². The van der Waals surface area contributed by atoms with E-state index < -0.39 is 17.8 Å². The topological polar surface area (TPSA) is 24.9 Å². The van der Waals surface area contributed by atoms with Crippen LogP contribution in [0.1, 0.15) is 40.4 Å². The molecule has 0 saturated heterocycles. The van der Waals surface area contributed by atoms with E-state index >= 15 is 0 Å². The third-order valence-corrected chi connectivity index (χ3v) is 4.08. The summed E-state index contributed by atoms with van der Waals surface area (Å²) in [4.78, 5) is 4.96. The van der Waals surface area contributed by atoms with Gasteiger partial charge in [-0.05, 0) is 31.5 Å². The van der Waals surface area contributed by atoms with Gasteiger partial charge in [-0.1, -0.05) is 25.1 Å². The van der Waals surface area contributed by atoms with Crippen LogP contribution in [0, 0.1) is 6.92 Å². The highest BCUT2D eigenvalue weighted by Gasteiger charge is 2.35. The lowest BCUT2D eigenvalue weighted by molar-refractivity contribution is -0.138. The molecular weight excluding hydrogens is 297 g/mol. The summed E-state index contributed by atoms with van der Waals surface area (Å²) in [5.74, 6) is 0. The Labute approximate surface area is 126 Å². The molecule has 6 heteroatoms. The summed E-state index contributed by atoms with van der Waals surface area (Å²) < 4.78 is 39.6. The summed E-state index contributed by atoms with van der Waals surface area (Å²) in [7, 11) is 0. The van der Waals surface area contributed by atoms with Crippen LogP contribution in [0.4, 0.5) is 13.2 Å². The van der Waals surface area contributed by atoms with Gasteiger partial charge in [0.25, 0.3) is 0 Å². The number of alkyl halides is 3. The van der Waals surface area contributed by atoms with Crippen LogP contribution in [0.15, 0.2) is 30.5 Å². The lowest BCUT2D eigenvalue weighted by Crippen LogP contribution is -2.25. The number of aryl methyl sites for hydroxylation is 1. The first kappa shape index (κ1) is 16.0. The van der Waals surface area contributed by atoms with Crippen LogP contribution in [0.3, 0.4) is 0 Å². The highest BCUT2D eigenvalue weighted by molar-refractivity contribution is 7.11. The van der Waals surface area contributed by atoms with Gasteiger partial charge >= 0.3 is 6.18 Å². The van der Waals surface area contributed by atoms with Crippen molar-refractivity contribution >= 4 is 11.3 Å². The second-order valence-corrected chi connectivity index (χ2v) is 6.02. The van der Waals surface area contributed by atoms with Gasteiger partial charge in [-0.3, -0.25) is 0 Å². The van der Waals surface area contributed by atoms with Gasteiger partial charge in [0.2, 0.25) is 0 Å². The van der Waals surface area contributed by atoms with Crippen molar-refractivity contribution in [1.82, 2.24) is 10.3 Å². The van der Waals surface area contributed by atoms with Crippen LogP contribution in [-0.2, 0) is 6.18 Å². The minimum absolute atomic E-state index is 0.252. The Bertz CT molecular complexity index is 593. The van der Waals surface area contributed by atoms with E-state index in [9.17, 15) is 13.2 Å². The van der Waals surface area contributed by atoms with Gasteiger partial charge in [0.15, 0.2) is 0 Å². The van der Waals surface area contributed by atoms with Gasteiger partial charge in [0, 0.05) is 11.1 Å². The number of thiazole rings is 1. The van der Waals surface area contributed by atoms with Crippen molar-refractivity contribution in [3.05, 3.63) is 51.5 Å². The highest BCUT2D eigenvalue weighted by Crippen LogP contribution is 2.37. The first-order chi connectivity index (χ1) is 9.93. The Balaban J connectivity index is 2.46. The smallest absolute Gasteiger partial charge is 0.306 e. The molecule has 1 aromatic carbocycles. The molecule has 1 atom stereocenters. The number of hydrogen-bond acceptors (Lipinski definition) is 3. The maximum absolute atomic E-state index is 13.2. The monoisotopic (exact) mass is 314 g/mol. The zero-order valence-electron chi connectivity index (χ0n) is 11.9. The second-order valence-electron chi connectivity index (χ2n) is 4.75. The van der Waals surface area contributed by atoms with Gasteiger partial charge in [-0.2, -0.15) is 13.2 Å². The molecule has 21 heavy (non-hydrogen) atoms. The van der Waals surface area contributed by atoms with Crippen molar-refractivity contribution in [2.75, 3.05) is 6.54 Å². The minimum Gasteiger partial charge on any atom is -0.306 e. The zero-order chi connectivity index (χ0) is 15.5. The van der Waals surface area contributed by atoms with E-state index in [1.807, 2.05) is 13.8 Å². The molecule has 0 spiro atoms. The van der Waals surface area contributed by atoms with E-state index in [1.54, 1.807) is 12.3 Å². The molecule has 0 amide bonds. The molecule has 114 valence electrons. The van der Waals surface area contributed by atoms with E-state index in [4.69, 9.17) is 0 Å². The van der Waals surface area contributed by atoms with Crippen molar-refractivity contribution < 1.29 is 13.2 Å². The molecule has 2 nitrogen and oxygen atoms in total. The van der Waals surface area contributed by atoms with Crippen LogP contribution < -0.4 is 5.32 Å². The highest BCUT2D eigenvalue weighted by atomic mass is 32.1. The SMILES string of the molecule is CCCNC(c1cnc(C)s1)c1ccccc1C(F)(F)F. The van der Waals surface area contributed by atoms with E-state index in [2.05, 4.69) is 10.3 Å². The standard InChI is InChI=1S/C15H17F3N2S/c1-3-8-19-14(13-9-20-10(2)21-13)11-6-4-5-7-12(11)15(16,17)18/h4-7,9,14,19H,3,8H2,1-2H3. The normalized spacial score (nSPS) is 13.4. The minimum atomic E-state index is -4.36. The zero-order valence-corrected chi connectivity index (χ0v) is 12.7. The van der Waals surface area contributed by atoms with Crippen molar-refractivity contribution in [1.29, 1.82) is 0 Å². The number of benzene rings is 1. The Morgan fingerprint density at radius 2 is 2.00 bits per heavy atom. The number of hydrogen-bond donors (Lipinski definition) is 1. The number of aromatic nitrogens is 1. The molecular formula is C15H17F3N2S. The van der Waals surface area contributed by atoms with E-state index in [-0.39, 0.29) is 5.56 Å².